The molecular weight excluding hydrogens is 248 g/mol. The summed E-state index contributed by atoms with van der Waals surface area (Å²) in [4.78, 5) is 15.3. The van der Waals surface area contributed by atoms with Gasteiger partial charge in [0.15, 0.2) is 0 Å². The van der Waals surface area contributed by atoms with E-state index in [2.05, 4.69) is 26.1 Å². The van der Waals surface area contributed by atoms with Gasteiger partial charge in [-0.05, 0) is 32.1 Å². The summed E-state index contributed by atoms with van der Waals surface area (Å²) in [6.45, 7) is 0. The number of aromatic amines is 2. The zero-order valence-corrected chi connectivity index (χ0v) is 12.1. The first-order valence-electron chi connectivity index (χ1n) is 7.93. The van der Waals surface area contributed by atoms with E-state index in [1.807, 2.05) is 6.20 Å². The number of rotatable bonds is 6. The largest absolute Gasteiger partial charge is 0.348 e. The lowest BCUT2D eigenvalue weighted by Crippen LogP contribution is -2.04. The van der Waals surface area contributed by atoms with E-state index >= 15 is 0 Å². The Morgan fingerprint density at radius 3 is 2.70 bits per heavy atom. The molecule has 2 heterocycles. The Labute approximate surface area is 120 Å². The molecule has 3 rings (SSSR count). The Morgan fingerprint density at radius 1 is 1.05 bits per heavy atom. The summed E-state index contributed by atoms with van der Waals surface area (Å²) in [5.74, 6) is 1.89. The molecule has 4 nitrogen and oxygen atoms in total. The lowest BCUT2D eigenvalue weighted by atomic mass is 9.87. The first-order chi connectivity index (χ1) is 9.92. The van der Waals surface area contributed by atoms with E-state index in [1.165, 1.54) is 56.3 Å². The summed E-state index contributed by atoms with van der Waals surface area (Å²) in [6, 6.07) is 0. The van der Waals surface area contributed by atoms with Crippen LogP contribution in [0.5, 0.6) is 0 Å². The molecule has 0 aromatic carbocycles. The summed E-state index contributed by atoms with van der Waals surface area (Å²) < 4.78 is 0. The lowest BCUT2D eigenvalue weighted by Gasteiger charge is -2.19. The molecule has 1 aliphatic carbocycles. The second-order valence-corrected chi connectivity index (χ2v) is 5.90. The maximum atomic E-state index is 4.55. The van der Waals surface area contributed by atoms with E-state index in [4.69, 9.17) is 0 Å². The van der Waals surface area contributed by atoms with Crippen LogP contribution in [-0.4, -0.2) is 19.9 Å². The molecule has 108 valence electrons. The number of nitrogens with zero attached hydrogens (tertiary/aromatic N) is 2. The Kier molecular flexibility index (Phi) is 4.51. The minimum absolute atomic E-state index is 0.731. The predicted octanol–water partition coefficient (Wildman–Crippen LogP) is 3.75. The average molecular weight is 272 g/mol. The van der Waals surface area contributed by atoms with Crippen LogP contribution in [0, 0.1) is 0 Å². The summed E-state index contributed by atoms with van der Waals surface area (Å²) in [7, 11) is 0. The van der Waals surface area contributed by atoms with Crippen molar-refractivity contribution >= 4 is 0 Å². The first kappa shape index (κ1) is 13.4. The van der Waals surface area contributed by atoms with Gasteiger partial charge in [0.2, 0.25) is 0 Å². The van der Waals surface area contributed by atoms with Crippen LogP contribution in [0.3, 0.4) is 0 Å². The molecule has 1 saturated carbocycles. The fraction of sp³-hybridized carbons (Fsp3) is 0.625. The molecule has 2 aromatic heterocycles. The normalized spacial score (nSPS) is 16.6. The maximum Gasteiger partial charge on any atom is 0.106 e. The summed E-state index contributed by atoms with van der Waals surface area (Å²) in [5.41, 5.74) is 2.60. The summed E-state index contributed by atoms with van der Waals surface area (Å²) >= 11 is 0. The van der Waals surface area contributed by atoms with Crippen LogP contribution < -0.4 is 0 Å². The molecule has 2 N–H and O–H groups in total. The molecule has 0 unspecified atom stereocenters. The van der Waals surface area contributed by atoms with Crippen molar-refractivity contribution < 1.29 is 0 Å². The molecule has 0 bridgehead atoms. The smallest absolute Gasteiger partial charge is 0.106 e. The molecule has 1 fully saturated rings. The summed E-state index contributed by atoms with van der Waals surface area (Å²) in [6.07, 6.45) is 17.1. The lowest BCUT2D eigenvalue weighted by molar-refractivity contribution is 0.437. The van der Waals surface area contributed by atoms with Crippen molar-refractivity contribution in [3.8, 4) is 0 Å². The maximum absolute atomic E-state index is 4.55. The van der Waals surface area contributed by atoms with Crippen LogP contribution in [0.25, 0.3) is 0 Å². The van der Waals surface area contributed by atoms with Crippen molar-refractivity contribution in [3.05, 3.63) is 35.9 Å². The predicted molar refractivity (Wildman–Crippen MR) is 79.6 cm³/mol. The van der Waals surface area contributed by atoms with Crippen molar-refractivity contribution in [2.75, 3.05) is 0 Å². The third-order valence-corrected chi connectivity index (χ3v) is 4.36. The van der Waals surface area contributed by atoms with Gasteiger partial charge in [0.1, 0.15) is 5.82 Å². The van der Waals surface area contributed by atoms with Crippen LogP contribution in [0.4, 0.5) is 0 Å². The van der Waals surface area contributed by atoms with E-state index < -0.39 is 0 Å². The van der Waals surface area contributed by atoms with Crippen molar-refractivity contribution in [3.63, 3.8) is 0 Å². The minimum atomic E-state index is 0.731. The number of nitrogens with one attached hydrogen (secondary N) is 2. The van der Waals surface area contributed by atoms with Crippen LogP contribution >= 0.6 is 0 Å². The fourth-order valence-electron chi connectivity index (χ4n) is 3.16. The number of H-pyrrole nitrogens is 2. The van der Waals surface area contributed by atoms with E-state index in [0.717, 1.165) is 24.6 Å². The van der Waals surface area contributed by atoms with Crippen molar-refractivity contribution in [2.45, 2.75) is 63.7 Å². The molecule has 1 aliphatic rings. The zero-order chi connectivity index (χ0) is 13.6. The van der Waals surface area contributed by atoms with Gasteiger partial charge in [0.25, 0.3) is 0 Å². The second-order valence-electron chi connectivity index (χ2n) is 5.90. The van der Waals surface area contributed by atoms with E-state index in [1.54, 1.807) is 6.33 Å². The molecular formula is C16H24N4. The van der Waals surface area contributed by atoms with Crippen LogP contribution in [-0.2, 0) is 12.8 Å². The van der Waals surface area contributed by atoms with Gasteiger partial charge in [0, 0.05) is 36.1 Å². The molecule has 0 aliphatic heterocycles. The van der Waals surface area contributed by atoms with Gasteiger partial charge in [0.05, 0.1) is 6.33 Å². The van der Waals surface area contributed by atoms with Gasteiger partial charge < -0.3 is 9.97 Å². The Hall–Kier alpha value is -1.58. The Bertz CT molecular complexity index is 494. The molecule has 0 spiro atoms. The van der Waals surface area contributed by atoms with Gasteiger partial charge in [-0.1, -0.05) is 19.3 Å². The van der Waals surface area contributed by atoms with E-state index in [9.17, 15) is 0 Å². The van der Waals surface area contributed by atoms with Crippen LogP contribution in [0.1, 0.15) is 68.1 Å². The monoisotopic (exact) mass is 272 g/mol. The molecule has 0 saturated heterocycles. The fourth-order valence-corrected chi connectivity index (χ4v) is 3.16. The molecule has 2 aromatic rings. The third-order valence-electron chi connectivity index (χ3n) is 4.36. The van der Waals surface area contributed by atoms with E-state index in [-0.39, 0.29) is 0 Å². The highest BCUT2D eigenvalue weighted by Gasteiger charge is 2.17. The number of aryl methyl sites for hydroxylation is 2. The highest BCUT2D eigenvalue weighted by molar-refractivity contribution is 5.08. The zero-order valence-electron chi connectivity index (χ0n) is 12.1. The van der Waals surface area contributed by atoms with Gasteiger partial charge in [-0.2, -0.15) is 0 Å². The van der Waals surface area contributed by atoms with Crippen molar-refractivity contribution in [1.82, 2.24) is 19.9 Å². The Balaban J connectivity index is 1.42. The molecule has 0 radical (unpaired) electrons. The van der Waals surface area contributed by atoms with Crippen molar-refractivity contribution in [1.29, 1.82) is 0 Å². The van der Waals surface area contributed by atoms with Crippen LogP contribution in [0.15, 0.2) is 18.7 Å². The highest BCUT2D eigenvalue weighted by atomic mass is 14.9. The standard InChI is InChI=1S/C16H24N4/c1-2-6-13(7-3-1)15-11-18-16(20-15)9-5-4-8-14-10-17-12-19-14/h10-13H,1-9H2,(H,17,19)(H,18,20). The highest BCUT2D eigenvalue weighted by Crippen LogP contribution is 2.31. The molecule has 0 atom stereocenters. The quantitative estimate of drug-likeness (QED) is 0.787. The number of unbranched alkanes of at least 4 members (excludes halogenated alkanes) is 1. The second kappa shape index (κ2) is 6.73. The number of imidazole rings is 2. The Morgan fingerprint density at radius 2 is 1.90 bits per heavy atom. The van der Waals surface area contributed by atoms with Gasteiger partial charge in [-0.25, -0.2) is 9.97 Å². The van der Waals surface area contributed by atoms with Gasteiger partial charge >= 0.3 is 0 Å². The molecule has 4 heteroatoms. The minimum Gasteiger partial charge on any atom is -0.348 e. The topological polar surface area (TPSA) is 57.4 Å². The van der Waals surface area contributed by atoms with Crippen LogP contribution in [0.2, 0.25) is 0 Å². The van der Waals surface area contributed by atoms with Crippen molar-refractivity contribution in [2.24, 2.45) is 0 Å². The number of hydrogen-bond donors (Lipinski definition) is 2. The number of aromatic nitrogens is 4. The van der Waals surface area contributed by atoms with Gasteiger partial charge in [-0.3, -0.25) is 0 Å². The average Bonchev–Trinajstić information content (AvgIpc) is 3.16. The SMILES string of the molecule is c1ncc(CCCCc2ncc(C3CCCCC3)[nH]2)[nH]1. The molecule has 0 amide bonds. The summed E-state index contributed by atoms with van der Waals surface area (Å²) in [5, 5.41) is 0. The first-order valence-corrected chi connectivity index (χ1v) is 7.93. The van der Waals surface area contributed by atoms with E-state index in [0.29, 0.717) is 0 Å². The number of hydrogen-bond acceptors (Lipinski definition) is 2. The molecule has 20 heavy (non-hydrogen) atoms. The van der Waals surface area contributed by atoms with Gasteiger partial charge in [-0.15, -0.1) is 0 Å². The third kappa shape index (κ3) is 3.50.